The molecule has 2 nitrogen and oxygen atoms in total. The van der Waals surface area contributed by atoms with Crippen LogP contribution in [0.1, 0.15) is 5.56 Å². The molecule has 0 atom stereocenters. The molecule has 2 aromatic carbocycles. The maximum absolute atomic E-state index is 8.84. The lowest BCUT2D eigenvalue weighted by Crippen LogP contribution is -1.91. The van der Waals surface area contributed by atoms with E-state index in [-0.39, 0.29) is 0 Å². The molecule has 0 amide bonds. The van der Waals surface area contributed by atoms with E-state index in [0.29, 0.717) is 10.6 Å². The third-order valence-corrected chi connectivity index (χ3v) is 4.19. The van der Waals surface area contributed by atoms with Gasteiger partial charge in [-0.05, 0) is 68.3 Å². The first-order valence-corrected chi connectivity index (χ1v) is 6.98. The van der Waals surface area contributed by atoms with Crippen molar-refractivity contribution in [2.24, 2.45) is 0 Å². The molecule has 0 radical (unpaired) electrons. The molecule has 90 valence electrons. The highest BCUT2D eigenvalue weighted by atomic mass is 79.9. The van der Waals surface area contributed by atoms with Crippen molar-refractivity contribution in [3.05, 3.63) is 55.9 Å². The van der Waals surface area contributed by atoms with Crippen LogP contribution in [0.2, 0.25) is 5.02 Å². The lowest BCUT2D eigenvalue weighted by atomic mass is 10.2. The van der Waals surface area contributed by atoms with E-state index < -0.39 is 0 Å². The van der Waals surface area contributed by atoms with Crippen molar-refractivity contribution >= 4 is 54.8 Å². The van der Waals surface area contributed by atoms with Crippen molar-refractivity contribution in [1.82, 2.24) is 0 Å². The van der Waals surface area contributed by atoms with Crippen LogP contribution in [0.5, 0.6) is 0 Å². The first kappa shape index (κ1) is 13.4. The van der Waals surface area contributed by atoms with Crippen LogP contribution in [0.25, 0.3) is 0 Å². The van der Waals surface area contributed by atoms with E-state index in [4.69, 9.17) is 16.9 Å². The molecule has 2 rings (SSSR count). The summed E-state index contributed by atoms with van der Waals surface area (Å²) < 4.78 is 1.62. The van der Waals surface area contributed by atoms with Crippen molar-refractivity contribution in [2.75, 3.05) is 5.32 Å². The van der Waals surface area contributed by atoms with Gasteiger partial charge in [-0.3, -0.25) is 0 Å². The predicted octanol–water partition coefficient (Wildman–Crippen LogP) is 5.48. The van der Waals surface area contributed by atoms with Gasteiger partial charge in [0, 0.05) is 20.3 Å². The zero-order valence-electron chi connectivity index (χ0n) is 9.05. The summed E-state index contributed by atoms with van der Waals surface area (Å²) in [6.07, 6.45) is 0. The molecule has 0 saturated carbocycles. The molecule has 0 aromatic heterocycles. The molecule has 1 N–H and O–H groups in total. The molecule has 0 aliphatic rings. The third kappa shape index (κ3) is 3.05. The third-order valence-electron chi connectivity index (χ3n) is 2.30. The summed E-state index contributed by atoms with van der Waals surface area (Å²) in [7, 11) is 0. The molecule has 0 heterocycles. The minimum absolute atomic E-state index is 0.606. The highest BCUT2D eigenvalue weighted by molar-refractivity contribution is 9.10. The molecule has 0 aliphatic carbocycles. The Balaban J connectivity index is 2.26. The van der Waals surface area contributed by atoms with Crippen LogP contribution in [0.15, 0.2) is 45.3 Å². The van der Waals surface area contributed by atoms with Gasteiger partial charge in [0.05, 0.1) is 10.6 Å². The summed E-state index contributed by atoms with van der Waals surface area (Å²) in [6, 6.07) is 13.2. The fraction of sp³-hybridized carbons (Fsp3) is 0. The van der Waals surface area contributed by atoms with Crippen LogP contribution in [0.3, 0.4) is 0 Å². The SMILES string of the molecule is N#Cc1ccc(Nc2ccc(Br)c(Cl)c2)cc1Br. The van der Waals surface area contributed by atoms with Gasteiger partial charge in [-0.1, -0.05) is 11.6 Å². The van der Waals surface area contributed by atoms with Gasteiger partial charge in [-0.2, -0.15) is 5.26 Å². The molecule has 0 bridgehead atoms. The first-order valence-electron chi connectivity index (χ1n) is 5.02. The summed E-state index contributed by atoms with van der Waals surface area (Å²) in [6.45, 7) is 0. The maximum Gasteiger partial charge on any atom is 0.100 e. The van der Waals surface area contributed by atoms with E-state index in [1.165, 1.54) is 0 Å². The number of nitriles is 1. The van der Waals surface area contributed by atoms with Crippen LogP contribution in [0.4, 0.5) is 11.4 Å². The van der Waals surface area contributed by atoms with Crippen LogP contribution in [-0.2, 0) is 0 Å². The lowest BCUT2D eigenvalue weighted by molar-refractivity contribution is 1.45. The topological polar surface area (TPSA) is 35.8 Å². The highest BCUT2D eigenvalue weighted by Gasteiger charge is 2.02. The van der Waals surface area contributed by atoms with E-state index in [1.54, 1.807) is 6.07 Å². The number of halogens is 3. The fourth-order valence-electron chi connectivity index (χ4n) is 1.42. The Morgan fingerprint density at radius 2 is 1.67 bits per heavy atom. The van der Waals surface area contributed by atoms with Gasteiger partial charge in [-0.15, -0.1) is 0 Å². The Morgan fingerprint density at radius 1 is 1.00 bits per heavy atom. The molecule has 5 heteroatoms. The van der Waals surface area contributed by atoms with E-state index in [1.807, 2.05) is 30.3 Å². The highest BCUT2D eigenvalue weighted by Crippen LogP contribution is 2.28. The molecule has 18 heavy (non-hydrogen) atoms. The number of hydrogen-bond acceptors (Lipinski definition) is 2. The maximum atomic E-state index is 8.84. The summed E-state index contributed by atoms with van der Waals surface area (Å²) in [5, 5.41) is 12.7. The van der Waals surface area contributed by atoms with Crippen molar-refractivity contribution in [1.29, 1.82) is 5.26 Å². The van der Waals surface area contributed by atoms with Gasteiger partial charge >= 0.3 is 0 Å². The van der Waals surface area contributed by atoms with Gasteiger partial charge in [0.15, 0.2) is 0 Å². The van der Waals surface area contributed by atoms with E-state index in [0.717, 1.165) is 20.3 Å². The molecule has 0 unspecified atom stereocenters. The summed E-state index contributed by atoms with van der Waals surface area (Å²) in [5.41, 5.74) is 2.38. The summed E-state index contributed by atoms with van der Waals surface area (Å²) in [5.74, 6) is 0. The number of rotatable bonds is 2. The van der Waals surface area contributed by atoms with Crippen molar-refractivity contribution < 1.29 is 0 Å². The second-order valence-electron chi connectivity index (χ2n) is 3.56. The Kier molecular flexibility index (Phi) is 4.28. The van der Waals surface area contributed by atoms with Crippen molar-refractivity contribution in [3.8, 4) is 6.07 Å². The minimum atomic E-state index is 0.606. The Morgan fingerprint density at radius 3 is 2.28 bits per heavy atom. The van der Waals surface area contributed by atoms with E-state index in [2.05, 4.69) is 43.2 Å². The fourth-order valence-corrected chi connectivity index (χ4v) is 2.32. The number of anilines is 2. The Hall–Kier alpha value is -1.02. The smallest absolute Gasteiger partial charge is 0.100 e. The van der Waals surface area contributed by atoms with E-state index in [9.17, 15) is 0 Å². The zero-order valence-corrected chi connectivity index (χ0v) is 13.0. The van der Waals surface area contributed by atoms with Gasteiger partial charge in [0.25, 0.3) is 0 Å². The number of benzene rings is 2. The lowest BCUT2D eigenvalue weighted by Gasteiger charge is -2.08. The van der Waals surface area contributed by atoms with Gasteiger partial charge in [0.2, 0.25) is 0 Å². The Labute approximate surface area is 127 Å². The molecule has 0 fully saturated rings. The number of nitrogens with one attached hydrogen (secondary N) is 1. The molecule has 0 aliphatic heterocycles. The van der Waals surface area contributed by atoms with Crippen LogP contribution >= 0.6 is 43.5 Å². The van der Waals surface area contributed by atoms with Gasteiger partial charge in [0.1, 0.15) is 6.07 Å². The standard InChI is InChI=1S/C13H7Br2ClN2/c14-11-4-3-10(6-13(11)16)18-9-2-1-8(7-17)12(15)5-9/h1-6,18H. The molecular weight excluding hydrogens is 379 g/mol. The molecule has 2 aromatic rings. The first-order chi connectivity index (χ1) is 8.60. The average Bonchev–Trinajstić information content (AvgIpc) is 2.34. The summed E-state index contributed by atoms with van der Waals surface area (Å²) >= 11 is 12.7. The quantitative estimate of drug-likeness (QED) is 0.742. The zero-order chi connectivity index (χ0) is 13.1. The Bertz CT molecular complexity index is 635. The minimum Gasteiger partial charge on any atom is -0.355 e. The summed E-state index contributed by atoms with van der Waals surface area (Å²) in [4.78, 5) is 0. The van der Waals surface area contributed by atoms with Crippen LogP contribution < -0.4 is 5.32 Å². The number of nitrogens with zero attached hydrogens (tertiary/aromatic N) is 1. The molecule has 0 saturated heterocycles. The predicted molar refractivity (Wildman–Crippen MR) is 81.3 cm³/mol. The number of hydrogen-bond donors (Lipinski definition) is 1. The molecular formula is C13H7Br2ClN2. The van der Waals surface area contributed by atoms with Crippen molar-refractivity contribution in [3.63, 3.8) is 0 Å². The molecule has 0 spiro atoms. The van der Waals surface area contributed by atoms with Crippen molar-refractivity contribution in [2.45, 2.75) is 0 Å². The monoisotopic (exact) mass is 384 g/mol. The second kappa shape index (κ2) is 5.75. The van der Waals surface area contributed by atoms with E-state index >= 15 is 0 Å². The van der Waals surface area contributed by atoms with Crippen LogP contribution in [-0.4, -0.2) is 0 Å². The largest absolute Gasteiger partial charge is 0.355 e. The van der Waals surface area contributed by atoms with Crippen LogP contribution in [0, 0.1) is 11.3 Å². The van der Waals surface area contributed by atoms with Gasteiger partial charge in [-0.25, -0.2) is 0 Å². The second-order valence-corrected chi connectivity index (χ2v) is 5.68. The normalized spacial score (nSPS) is 9.89. The van der Waals surface area contributed by atoms with Gasteiger partial charge < -0.3 is 5.32 Å². The average molecular weight is 386 g/mol.